The Labute approximate surface area is 122 Å². The molecule has 0 unspecified atom stereocenters. The normalized spacial score (nSPS) is 10.6. The van der Waals surface area contributed by atoms with E-state index in [1.807, 2.05) is 30.3 Å². The summed E-state index contributed by atoms with van der Waals surface area (Å²) in [5.41, 5.74) is 9.28. The Morgan fingerprint density at radius 3 is 2.19 bits per heavy atom. The number of rotatable bonds is 3. The molecule has 0 aliphatic carbocycles. The Hall–Kier alpha value is -2.59. The van der Waals surface area contributed by atoms with Crippen LogP contribution in [0.25, 0.3) is 22.6 Å². The van der Waals surface area contributed by atoms with Gasteiger partial charge >= 0.3 is 0 Å². The lowest BCUT2D eigenvalue weighted by Gasteiger charge is -2.05. The van der Waals surface area contributed by atoms with E-state index in [2.05, 4.69) is 9.97 Å². The van der Waals surface area contributed by atoms with Crippen molar-refractivity contribution in [3.63, 3.8) is 0 Å². The third kappa shape index (κ3) is 2.95. The van der Waals surface area contributed by atoms with Gasteiger partial charge in [0.05, 0.1) is 5.69 Å². The van der Waals surface area contributed by atoms with Gasteiger partial charge in [0, 0.05) is 23.9 Å². The number of benzene rings is 2. The van der Waals surface area contributed by atoms with Gasteiger partial charge in [0.25, 0.3) is 0 Å². The Bertz CT molecular complexity index is 737. The molecule has 0 aliphatic rings. The SMILES string of the molecule is NCc1ccc(-c2ccnc(-c3ccc(F)cc3)n2)cc1. The number of aromatic nitrogens is 2. The van der Waals surface area contributed by atoms with Gasteiger partial charge in [-0.25, -0.2) is 14.4 Å². The first kappa shape index (κ1) is 13.4. The quantitative estimate of drug-likeness (QED) is 0.799. The summed E-state index contributed by atoms with van der Waals surface area (Å²) in [6.45, 7) is 0.519. The molecule has 4 heteroatoms. The molecule has 21 heavy (non-hydrogen) atoms. The lowest BCUT2D eigenvalue weighted by atomic mass is 10.1. The van der Waals surface area contributed by atoms with Crippen molar-refractivity contribution in [3.05, 3.63) is 72.2 Å². The van der Waals surface area contributed by atoms with Crippen LogP contribution < -0.4 is 5.73 Å². The van der Waals surface area contributed by atoms with Crippen LogP contribution in [0.1, 0.15) is 5.56 Å². The highest BCUT2D eigenvalue weighted by Gasteiger charge is 2.05. The van der Waals surface area contributed by atoms with Crippen molar-refractivity contribution in [1.29, 1.82) is 0 Å². The highest BCUT2D eigenvalue weighted by atomic mass is 19.1. The van der Waals surface area contributed by atoms with E-state index in [1.54, 1.807) is 18.3 Å². The lowest BCUT2D eigenvalue weighted by Crippen LogP contribution is -1.96. The fraction of sp³-hybridized carbons (Fsp3) is 0.0588. The van der Waals surface area contributed by atoms with Crippen LogP contribution in [0.3, 0.4) is 0 Å². The van der Waals surface area contributed by atoms with E-state index >= 15 is 0 Å². The molecule has 3 aromatic rings. The van der Waals surface area contributed by atoms with Crippen molar-refractivity contribution in [2.24, 2.45) is 5.73 Å². The Morgan fingerprint density at radius 1 is 0.857 bits per heavy atom. The van der Waals surface area contributed by atoms with Gasteiger partial charge in [0.15, 0.2) is 5.82 Å². The minimum absolute atomic E-state index is 0.271. The van der Waals surface area contributed by atoms with Gasteiger partial charge in [-0.15, -0.1) is 0 Å². The molecule has 1 heterocycles. The number of hydrogen-bond donors (Lipinski definition) is 1. The fourth-order valence-corrected chi connectivity index (χ4v) is 2.07. The first-order valence-corrected chi connectivity index (χ1v) is 6.64. The maximum Gasteiger partial charge on any atom is 0.159 e. The van der Waals surface area contributed by atoms with Crippen LogP contribution >= 0.6 is 0 Å². The Balaban J connectivity index is 1.97. The minimum Gasteiger partial charge on any atom is -0.326 e. The molecule has 104 valence electrons. The Morgan fingerprint density at radius 2 is 1.52 bits per heavy atom. The second kappa shape index (κ2) is 5.81. The highest BCUT2D eigenvalue weighted by molar-refractivity contribution is 5.63. The molecule has 0 radical (unpaired) electrons. The van der Waals surface area contributed by atoms with Crippen LogP contribution in [-0.4, -0.2) is 9.97 Å². The molecule has 0 bridgehead atoms. The summed E-state index contributed by atoms with van der Waals surface area (Å²) in [5, 5.41) is 0. The van der Waals surface area contributed by atoms with Crippen molar-refractivity contribution >= 4 is 0 Å². The predicted molar refractivity (Wildman–Crippen MR) is 80.8 cm³/mol. The molecule has 0 aliphatic heterocycles. The van der Waals surface area contributed by atoms with Gasteiger partial charge in [-0.2, -0.15) is 0 Å². The first-order valence-electron chi connectivity index (χ1n) is 6.64. The van der Waals surface area contributed by atoms with Crippen LogP contribution in [0, 0.1) is 5.82 Å². The molecule has 0 saturated carbocycles. The van der Waals surface area contributed by atoms with Gasteiger partial charge in [-0.3, -0.25) is 0 Å². The van der Waals surface area contributed by atoms with Gasteiger partial charge in [-0.05, 0) is 35.9 Å². The van der Waals surface area contributed by atoms with E-state index in [1.165, 1.54) is 12.1 Å². The number of nitrogens with two attached hydrogens (primary N) is 1. The van der Waals surface area contributed by atoms with Crippen LogP contribution in [0.5, 0.6) is 0 Å². The molecule has 3 rings (SSSR count). The molecule has 0 spiro atoms. The van der Waals surface area contributed by atoms with Crippen molar-refractivity contribution in [1.82, 2.24) is 9.97 Å². The van der Waals surface area contributed by atoms with Crippen LogP contribution in [0.2, 0.25) is 0 Å². The maximum atomic E-state index is 13.0. The molecule has 0 amide bonds. The summed E-state index contributed by atoms with van der Waals surface area (Å²) < 4.78 is 13.0. The highest BCUT2D eigenvalue weighted by Crippen LogP contribution is 2.21. The number of nitrogens with zero attached hydrogens (tertiary/aromatic N) is 2. The molecular formula is C17H14FN3. The van der Waals surface area contributed by atoms with Gasteiger partial charge in [-0.1, -0.05) is 24.3 Å². The molecule has 0 atom stereocenters. The molecule has 0 fully saturated rings. The average molecular weight is 279 g/mol. The second-order valence-corrected chi connectivity index (χ2v) is 4.67. The van der Waals surface area contributed by atoms with Crippen molar-refractivity contribution in [3.8, 4) is 22.6 Å². The summed E-state index contributed by atoms with van der Waals surface area (Å²) in [6, 6.07) is 15.9. The first-order chi connectivity index (χ1) is 10.3. The zero-order valence-corrected chi connectivity index (χ0v) is 11.3. The molecular weight excluding hydrogens is 265 g/mol. The summed E-state index contributed by atoms with van der Waals surface area (Å²) in [5.74, 6) is 0.308. The van der Waals surface area contributed by atoms with Gasteiger partial charge < -0.3 is 5.73 Å². The van der Waals surface area contributed by atoms with E-state index in [9.17, 15) is 4.39 Å². The van der Waals surface area contributed by atoms with Gasteiger partial charge in [0.1, 0.15) is 5.82 Å². The molecule has 2 aromatic carbocycles. The van der Waals surface area contributed by atoms with Crippen molar-refractivity contribution < 1.29 is 4.39 Å². The summed E-state index contributed by atoms with van der Waals surface area (Å²) >= 11 is 0. The maximum absolute atomic E-state index is 13.0. The third-order valence-electron chi connectivity index (χ3n) is 3.24. The zero-order chi connectivity index (χ0) is 14.7. The molecule has 1 aromatic heterocycles. The van der Waals surface area contributed by atoms with Crippen molar-refractivity contribution in [2.45, 2.75) is 6.54 Å². The number of hydrogen-bond acceptors (Lipinski definition) is 3. The van der Waals surface area contributed by atoms with E-state index in [0.717, 1.165) is 22.4 Å². The smallest absolute Gasteiger partial charge is 0.159 e. The van der Waals surface area contributed by atoms with Crippen LogP contribution in [0.15, 0.2) is 60.8 Å². The molecule has 3 nitrogen and oxygen atoms in total. The second-order valence-electron chi connectivity index (χ2n) is 4.67. The zero-order valence-electron chi connectivity index (χ0n) is 11.3. The summed E-state index contributed by atoms with van der Waals surface area (Å²) in [6.07, 6.45) is 1.71. The van der Waals surface area contributed by atoms with Gasteiger partial charge in [0.2, 0.25) is 0 Å². The molecule has 0 saturated heterocycles. The topological polar surface area (TPSA) is 51.8 Å². The standard InChI is InChI=1S/C17H14FN3/c18-15-7-5-14(6-8-15)17-20-10-9-16(21-17)13-3-1-12(11-19)2-4-13/h1-10H,11,19H2. The minimum atomic E-state index is -0.271. The van der Waals surface area contributed by atoms with E-state index in [0.29, 0.717) is 12.4 Å². The largest absolute Gasteiger partial charge is 0.326 e. The lowest BCUT2D eigenvalue weighted by molar-refractivity contribution is 0.628. The van der Waals surface area contributed by atoms with Crippen LogP contribution in [-0.2, 0) is 6.54 Å². The Kier molecular flexibility index (Phi) is 3.71. The predicted octanol–water partition coefficient (Wildman–Crippen LogP) is 3.41. The van der Waals surface area contributed by atoms with Crippen molar-refractivity contribution in [2.75, 3.05) is 0 Å². The summed E-state index contributed by atoms with van der Waals surface area (Å²) in [7, 11) is 0. The number of halogens is 1. The van der Waals surface area contributed by atoms with E-state index in [-0.39, 0.29) is 5.82 Å². The fourth-order valence-electron chi connectivity index (χ4n) is 2.07. The van der Waals surface area contributed by atoms with E-state index in [4.69, 9.17) is 5.73 Å². The molecule has 2 N–H and O–H groups in total. The summed E-state index contributed by atoms with van der Waals surface area (Å²) in [4.78, 5) is 8.78. The monoisotopic (exact) mass is 279 g/mol. The average Bonchev–Trinajstić information content (AvgIpc) is 2.56. The third-order valence-corrected chi connectivity index (χ3v) is 3.24. The van der Waals surface area contributed by atoms with Crippen LogP contribution in [0.4, 0.5) is 4.39 Å². The van der Waals surface area contributed by atoms with E-state index < -0.39 is 0 Å².